The summed E-state index contributed by atoms with van der Waals surface area (Å²) < 4.78 is 0. The third-order valence-corrected chi connectivity index (χ3v) is 7.04. The highest BCUT2D eigenvalue weighted by atomic mass is 32.1. The van der Waals surface area contributed by atoms with E-state index in [2.05, 4.69) is 27.9 Å². The van der Waals surface area contributed by atoms with E-state index in [-0.39, 0.29) is 5.43 Å². The maximum absolute atomic E-state index is 13.3. The number of nitrogens with zero attached hydrogens (tertiary/aromatic N) is 4. The minimum atomic E-state index is -0.182. The van der Waals surface area contributed by atoms with Crippen molar-refractivity contribution in [3.8, 4) is 32.4 Å². The molecule has 32 heavy (non-hydrogen) atoms. The summed E-state index contributed by atoms with van der Waals surface area (Å²) in [5.41, 5.74) is 4.29. The molecule has 6 aromatic rings. The van der Waals surface area contributed by atoms with E-state index in [1.807, 2.05) is 41.8 Å². The van der Waals surface area contributed by atoms with Crippen molar-refractivity contribution in [1.29, 1.82) is 0 Å². The number of pyridine rings is 2. The lowest BCUT2D eigenvalue weighted by atomic mass is 10.1. The van der Waals surface area contributed by atoms with Crippen LogP contribution in [-0.4, -0.2) is 24.9 Å². The van der Waals surface area contributed by atoms with Crippen molar-refractivity contribution in [2.24, 2.45) is 0 Å². The van der Waals surface area contributed by atoms with E-state index in [0.29, 0.717) is 27.4 Å². The molecule has 0 aliphatic heterocycles. The number of aromatic nitrogens is 5. The van der Waals surface area contributed by atoms with E-state index in [1.54, 1.807) is 29.9 Å². The Hall–Kier alpha value is -3.75. The zero-order valence-electron chi connectivity index (χ0n) is 16.9. The Labute approximate surface area is 190 Å². The predicted molar refractivity (Wildman–Crippen MR) is 130 cm³/mol. The molecule has 0 amide bonds. The normalized spacial score (nSPS) is 11.4. The minimum Gasteiger partial charge on any atom is -0.344 e. The Morgan fingerprint density at radius 1 is 0.969 bits per heavy atom. The van der Waals surface area contributed by atoms with Crippen molar-refractivity contribution in [2.45, 2.75) is 6.92 Å². The third kappa shape index (κ3) is 3.12. The van der Waals surface area contributed by atoms with Gasteiger partial charge in [0.2, 0.25) is 5.43 Å². The molecule has 0 fully saturated rings. The summed E-state index contributed by atoms with van der Waals surface area (Å²) in [5, 5.41) is 3.51. The van der Waals surface area contributed by atoms with Gasteiger partial charge in [0.1, 0.15) is 10.7 Å². The topological polar surface area (TPSA) is 84.4 Å². The van der Waals surface area contributed by atoms with Crippen LogP contribution in [0.15, 0.2) is 71.2 Å². The number of aryl methyl sites for hydroxylation is 1. The molecule has 6 nitrogen and oxygen atoms in total. The molecule has 8 heteroatoms. The van der Waals surface area contributed by atoms with Gasteiger partial charge in [-0.25, -0.2) is 15.0 Å². The second-order valence-corrected chi connectivity index (χ2v) is 9.49. The van der Waals surface area contributed by atoms with Crippen LogP contribution in [0.4, 0.5) is 0 Å². The molecule has 0 bridgehead atoms. The SMILES string of the molecule is Cc1ccc(-c2nc3[nH]cc(-c4nccs4)c(=O)c3nc2-c2ccc3ncccc3c2)s1. The summed E-state index contributed by atoms with van der Waals surface area (Å²) in [6, 6.07) is 14.0. The predicted octanol–water partition coefficient (Wildman–Crippen LogP) is 5.69. The Morgan fingerprint density at radius 3 is 2.72 bits per heavy atom. The van der Waals surface area contributed by atoms with Gasteiger partial charge >= 0.3 is 0 Å². The molecule has 0 aliphatic rings. The first-order valence-corrected chi connectivity index (χ1v) is 11.6. The number of thiophene rings is 1. The van der Waals surface area contributed by atoms with Crippen LogP contribution in [0.25, 0.3) is 54.5 Å². The number of hydrogen-bond acceptors (Lipinski definition) is 7. The van der Waals surface area contributed by atoms with E-state index >= 15 is 0 Å². The van der Waals surface area contributed by atoms with Gasteiger partial charge in [-0.05, 0) is 37.3 Å². The molecule has 154 valence electrons. The molecule has 0 saturated heterocycles. The van der Waals surface area contributed by atoms with Crippen LogP contribution in [0, 0.1) is 6.92 Å². The Kier molecular flexibility index (Phi) is 4.41. The van der Waals surface area contributed by atoms with E-state index in [1.165, 1.54) is 16.2 Å². The average molecular weight is 454 g/mol. The standard InChI is InChI=1S/C24H15N5OS2/c1-13-4-7-18(32-13)20-19(15-5-6-17-14(11-15)3-2-8-25-17)28-21-22(30)16(12-27-23(21)29-20)24-26-9-10-31-24/h2-12H,1H3,(H,27,29,30). The van der Waals surface area contributed by atoms with Gasteiger partial charge in [-0.15, -0.1) is 22.7 Å². The summed E-state index contributed by atoms with van der Waals surface area (Å²) in [7, 11) is 0. The molecule has 5 heterocycles. The summed E-state index contributed by atoms with van der Waals surface area (Å²) in [5.74, 6) is 0. The molecule has 0 unspecified atom stereocenters. The number of rotatable bonds is 3. The summed E-state index contributed by atoms with van der Waals surface area (Å²) >= 11 is 3.07. The van der Waals surface area contributed by atoms with Gasteiger partial charge in [0, 0.05) is 39.8 Å². The highest BCUT2D eigenvalue weighted by molar-refractivity contribution is 7.15. The second-order valence-electron chi connectivity index (χ2n) is 7.31. The molecule has 5 aromatic heterocycles. The molecular formula is C24H15N5OS2. The quantitative estimate of drug-likeness (QED) is 0.372. The number of aromatic amines is 1. The molecule has 0 spiro atoms. The maximum Gasteiger partial charge on any atom is 0.219 e. The van der Waals surface area contributed by atoms with Crippen molar-refractivity contribution in [2.75, 3.05) is 0 Å². The lowest BCUT2D eigenvalue weighted by Gasteiger charge is -2.10. The van der Waals surface area contributed by atoms with Crippen molar-refractivity contribution < 1.29 is 0 Å². The van der Waals surface area contributed by atoms with Crippen molar-refractivity contribution in [1.82, 2.24) is 24.9 Å². The third-order valence-electron chi connectivity index (χ3n) is 5.22. The lowest BCUT2D eigenvalue weighted by molar-refractivity contribution is 1.22. The number of fused-ring (bicyclic) bond motifs is 2. The zero-order valence-corrected chi connectivity index (χ0v) is 18.5. The van der Waals surface area contributed by atoms with Gasteiger partial charge in [-0.1, -0.05) is 12.1 Å². The van der Waals surface area contributed by atoms with Gasteiger partial charge < -0.3 is 4.98 Å². The van der Waals surface area contributed by atoms with Crippen molar-refractivity contribution >= 4 is 44.7 Å². The van der Waals surface area contributed by atoms with Crippen LogP contribution in [0.1, 0.15) is 4.88 Å². The maximum atomic E-state index is 13.3. The first kappa shape index (κ1) is 19.0. The first-order chi connectivity index (χ1) is 15.7. The van der Waals surface area contributed by atoms with E-state index in [0.717, 1.165) is 27.0 Å². The highest BCUT2D eigenvalue weighted by Gasteiger charge is 2.19. The zero-order chi connectivity index (χ0) is 21.7. The van der Waals surface area contributed by atoms with Crippen molar-refractivity contribution in [3.63, 3.8) is 0 Å². The minimum absolute atomic E-state index is 0.182. The number of H-pyrrole nitrogens is 1. The van der Waals surface area contributed by atoms with Crippen LogP contribution in [-0.2, 0) is 0 Å². The number of thiazole rings is 1. The van der Waals surface area contributed by atoms with Crippen LogP contribution < -0.4 is 5.43 Å². The molecule has 0 aliphatic carbocycles. The van der Waals surface area contributed by atoms with Gasteiger partial charge in [0.15, 0.2) is 11.2 Å². The fraction of sp³-hybridized carbons (Fsp3) is 0.0417. The Balaban J connectivity index is 1.66. The summed E-state index contributed by atoms with van der Waals surface area (Å²) in [4.78, 5) is 37.1. The largest absolute Gasteiger partial charge is 0.344 e. The van der Waals surface area contributed by atoms with Gasteiger partial charge in [-0.3, -0.25) is 9.78 Å². The average Bonchev–Trinajstić information content (AvgIpc) is 3.50. The molecule has 1 N–H and O–H groups in total. The summed E-state index contributed by atoms with van der Waals surface area (Å²) in [6.07, 6.45) is 5.13. The molecule has 0 saturated carbocycles. The highest BCUT2D eigenvalue weighted by Crippen LogP contribution is 2.35. The molecule has 0 atom stereocenters. The van der Waals surface area contributed by atoms with Gasteiger partial charge in [0.05, 0.1) is 21.7 Å². The lowest BCUT2D eigenvalue weighted by Crippen LogP contribution is -2.10. The van der Waals surface area contributed by atoms with Crippen LogP contribution in [0.3, 0.4) is 0 Å². The molecule has 0 radical (unpaired) electrons. The fourth-order valence-electron chi connectivity index (χ4n) is 3.70. The van der Waals surface area contributed by atoms with Crippen LogP contribution in [0.2, 0.25) is 0 Å². The van der Waals surface area contributed by atoms with E-state index in [9.17, 15) is 4.79 Å². The van der Waals surface area contributed by atoms with E-state index < -0.39 is 0 Å². The molecule has 1 aromatic carbocycles. The van der Waals surface area contributed by atoms with Gasteiger partial charge in [0.25, 0.3) is 0 Å². The number of benzene rings is 1. The fourth-order valence-corrected chi connectivity index (χ4v) is 5.21. The van der Waals surface area contributed by atoms with Crippen LogP contribution >= 0.6 is 22.7 Å². The van der Waals surface area contributed by atoms with Crippen molar-refractivity contribution in [3.05, 3.63) is 81.5 Å². The smallest absolute Gasteiger partial charge is 0.219 e. The van der Waals surface area contributed by atoms with E-state index in [4.69, 9.17) is 9.97 Å². The Morgan fingerprint density at radius 2 is 1.91 bits per heavy atom. The molecule has 6 rings (SSSR count). The number of nitrogens with one attached hydrogen (secondary N) is 1. The summed E-state index contributed by atoms with van der Waals surface area (Å²) in [6.45, 7) is 2.06. The number of hydrogen-bond donors (Lipinski definition) is 1. The second kappa shape index (κ2) is 7.44. The first-order valence-electron chi connectivity index (χ1n) is 9.92. The monoisotopic (exact) mass is 453 g/mol. The molecular weight excluding hydrogens is 438 g/mol. The van der Waals surface area contributed by atoms with Gasteiger partial charge in [-0.2, -0.15) is 0 Å². The Bertz CT molecular complexity index is 1670. The van der Waals surface area contributed by atoms with Crippen LogP contribution in [0.5, 0.6) is 0 Å².